The quantitative estimate of drug-likeness (QED) is 0.383. The number of methoxy groups -OCH3 is 1. The molecule has 0 fully saturated rings. The lowest BCUT2D eigenvalue weighted by atomic mass is 10.2. The van der Waals surface area contributed by atoms with Crippen LogP contribution in [0.2, 0.25) is 10.0 Å². The molecule has 1 amide bonds. The van der Waals surface area contributed by atoms with Crippen LogP contribution >= 0.6 is 39.1 Å². The first-order valence-electron chi connectivity index (χ1n) is 9.75. The van der Waals surface area contributed by atoms with Gasteiger partial charge in [-0.3, -0.25) is 9.10 Å². The zero-order valence-electron chi connectivity index (χ0n) is 17.8. The molecule has 0 radical (unpaired) electrons. The summed E-state index contributed by atoms with van der Waals surface area (Å²) < 4.78 is 33.8. The number of sulfonamides is 1. The number of benzene rings is 3. The van der Waals surface area contributed by atoms with Gasteiger partial charge in [-0.2, -0.15) is 0 Å². The number of nitrogens with zero attached hydrogens (tertiary/aromatic N) is 1. The van der Waals surface area contributed by atoms with Crippen LogP contribution in [0.5, 0.6) is 5.75 Å². The maximum Gasteiger partial charge on any atom is 0.264 e. The van der Waals surface area contributed by atoms with Gasteiger partial charge < -0.3 is 10.1 Å². The Labute approximate surface area is 211 Å². The van der Waals surface area contributed by atoms with E-state index in [1.165, 1.54) is 19.2 Å². The molecule has 10 heteroatoms. The zero-order valence-corrected chi connectivity index (χ0v) is 21.7. The molecule has 0 saturated carbocycles. The Morgan fingerprint density at radius 3 is 2.36 bits per heavy atom. The first-order chi connectivity index (χ1) is 15.6. The number of aryl methyl sites for hydroxylation is 1. The predicted molar refractivity (Wildman–Crippen MR) is 135 cm³/mol. The third kappa shape index (κ3) is 6.20. The van der Waals surface area contributed by atoms with Crippen molar-refractivity contribution in [1.29, 1.82) is 0 Å². The minimum absolute atomic E-state index is 0.0179. The molecule has 174 valence electrons. The molecular weight excluding hydrogens is 551 g/mol. The van der Waals surface area contributed by atoms with Crippen LogP contribution in [0.25, 0.3) is 0 Å². The van der Waals surface area contributed by atoms with Crippen molar-refractivity contribution in [2.24, 2.45) is 0 Å². The molecule has 3 aromatic carbocycles. The van der Waals surface area contributed by atoms with E-state index in [1.54, 1.807) is 48.5 Å². The highest BCUT2D eigenvalue weighted by Gasteiger charge is 2.28. The molecule has 0 aliphatic carbocycles. The van der Waals surface area contributed by atoms with Crippen molar-refractivity contribution >= 4 is 60.7 Å². The van der Waals surface area contributed by atoms with Crippen LogP contribution in [0.15, 0.2) is 70.0 Å². The molecule has 0 bridgehead atoms. The number of carbonyl (C=O) groups excluding carboxylic acids is 1. The monoisotopic (exact) mass is 570 g/mol. The third-order valence-corrected chi connectivity index (χ3v) is 7.79. The van der Waals surface area contributed by atoms with Crippen molar-refractivity contribution in [2.75, 3.05) is 18.0 Å². The van der Waals surface area contributed by atoms with Gasteiger partial charge in [0.05, 0.1) is 22.2 Å². The Hall–Kier alpha value is -2.26. The molecule has 0 aliphatic rings. The SMILES string of the molecule is COc1ccc(S(=O)(=O)N(CC(=O)NCc2ccc(Cl)cc2Cl)c2ccc(C)cc2)cc1Br. The van der Waals surface area contributed by atoms with Gasteiger partial charge in [0.2, 0.25) is 5.91 Å². The Kier molecular flexibility index (Phi) is 8.28. The van der Waals surface area contributed by atoms with E-state index in [4.69, 9.17) is 27.9 Å². The van der Waals surface area contributed by atoms with Crippen LogP contribution in [0.3, 0.4) is 0 Å². The van der Waals surface area contributed by atoms with Crippen LogP contribution in [0, 0.1) is 6.92 Å². The highest BCUT2D eigenvalue weighted by molar-refractivity contribution is 9.10. The molecule has 0 aromatic heterocycles. The van der Waals surface area contributed by atoms with E-state index >= 15 is 0 Å². The van der Waals surface area contributed by atoms with Crippen LogP contribution in [0.1, 0.15) is 11.1 Å². The molecule has 1 N–H and O–H groups in total. The van der Waals surface area contributed by atoms with Gasteiger partial charge in [-0.05, 0) is 70.9 Å². The summed E-state index contributed by atoms with van der Waals surface area (Å²) in [6.45, 7) is 1.61. The summed E-state index contributed by atoms with van der Waals surface area (Å²) in [6.07, 6.45) is 0. The van der Waals surface area contributed by atoms with Crippen LogP contribution < -0.4 is 14.4 Å². The second kappa shape index (κ2) is 10.8. The van der Waals surface area contributed by atoms with Crippen molar-refractivity contribution in [2.45, 2.75) is 18.4 Å². The fourth-order valence-corrected chi connectivity index (χ4v) is 5.62. The second-order valence-corrected chi connectivity index (χ2v) is 10.7. The number of anilines is 1. The van der Waals surface area contributed by atoms with Gasteiger partial charge in [-0.25, -0.2) is 8.42 Å². The number of hydrogen-bond donors (Lipinski definition) is 1. The van der Waals surface area contributed by atoms with Crippen molar-refractivity contribution in [3.05, 3.63) is 86.3 Å². The Morgan fingerprint density at radius 1 is 1.06 bits per heavy atom. The van der Waals surface area contributed by atoms with E-state index in [0.717, 1.165) is 9.87 Å². The van der Waals surface area contributed by atoms with Crippen LogP contribution in [0.4, 0.5) is 5.69 Å². The number of ether oxygens (including phenoxy) is 1. The summed E-state index contributed by atoms with van der Waals surface area (Å²) in [7, 11) is -2.57. The molecule has 0 heterocycles. The van der Waals surface area contributed by atoms with Crippen molar-refractivity contribution in [1.82, 2.24) is 5.32 Å². The lowest BCUT2D eigenvalue weighted by molar-refractivity contribution is -0.119. The minimum atomic E-state index is -4.06. The van der Waals surface area contributed by atoms with Crippen molar-refractivity contribution in [3.63, 3.8) is 0 Å². The summed E-state index contributed by atoms with van der Waals surface area (Å²) >= 11 is 15.4. The molecule has 0 saturated heterocycles. The summed E-state index contributed by atoms with van der Waals surface area (Å²) in [4.78, 5) is 12.8. The molecule has 0 atom stereocenters. The highest BCUT2D eigenvalue weighted by Crippen LogP contribution is 2.31. The van der Waals surface area contributed by atoms with Crippen molar-refractivity contribution < 1.29 is 17.9 Å². The molecular formula is C23H21BrCl2N2O4S. The number of carbonyl (C=O) groups is 1. The van der Waals surface area contributed by atoms with E-state index in [1.807, 2.05) is 6.92 Å². The zero-order chi connectivity index (χ0) is 24.2. The number of halogens is 3. The molecule has 0 unspecified atom stereocenters. The van der Waals surface area contributed by atoms with E-state index < -0.39 is 22.5 Å². The van der Waals surface area contributed by atoms with Gasteiger partial charge >= 0.3 is 0 Å². The van der Waals surface area contributed by atoms with Gasteiger partial charge in [0.25, 0.3) is 10.0 Å². The number of hydrogen-bond acceptors (Lipinski definition) is 4. The summed E-state index contributed by atoms with van der Waals surface area (Å²) in [5.41, 5.74) is 2.00. The van der Waals surface area contributed by atoms with Gasteiger partial charge in [0, 0.05) is 16.6 Å². The fourth-order valence-electron chi connectivity index (χ4n) is 3.01. The van der Waals surface area contributed by atoms with Gasteiger partial charge in [-0.1, -0.05) is 47.0 Å². The molecule has 0 aliphatic heterocycles. The molecule has 33 heavy (non-hydrogen) atoms. The lowest BCUT2D eigenvalue weighted by Crippen LogP contribution is -2.40. The van der Waals surface area contributed by atoms with Crippen molar-refractivity contribution in [3.8, 4) is 5.75 Å². The number of rotatable bonds is 8. The summed E-state index contributed by atoms with van der Waals surface area (Å²) in [6, 6.07) is 16.3. The van der Waals surface area contributed by atoms with Crippen LogP contribution in [-0.2, 0) is 21.4 Å². The first kappa shape index (κ1) is 25.4. The average molecular weight is 572 g/mol. The largest absolute Gasteiger partial charge is 0.496 e. The second-order valence-electron chi connectivity index (χ2n) is 7.16. The number of amides is 1. The molecule has 3 aromatic rings. The fraction of sp³-hybridized carbons (Fsp3) is 0.174. The molecule has 6 nitrogen and oxygen atoms in total. The maximum atomic E-state index is 13.5. The van der Waals surface area contributed by atoms with Gasteiger partial charge in [-0.15, -0.1) is 0 Å². The average Bonchev–Trinajstić information content (AvgIpc) is 2.77. The first-order valence-corrected chi connectivity index (χ1v) is 12.7. The maximum absolute atomic E-state index is 13.5. The lowest BCUT2D eigenvalue weighted by Gasteiger charge is -2.24. The molecule has 0 spiro atoms. The predicted octanol–water partition coefficient (Wildman–Crippen LogP) is 5.58. The molecule has 3 rings (SSSR count). The topological polar surface area (TPSA) is 75.7 Å². The van der Waals surface area contributed by atoms with E-state index in [-0.39, 0.29) is 11.4 Å². The highest BCUT2D eigenvalue weighted by atomic mass is 79.9. The van der Waals surface area contributed by atoms with E-state index in [0.29, 0.717) is 31.5 Å². The van der Waals surface area contributed by atoms with Gasteiger partial charge in [0.1, 0.15) is 12.3 Å². The number of nitrogens with one attached hydrogen (secondary N) is 1. The third-order valence-electron chi connectivity index (χ3n) is 4.81. The normalized spacial score (nSPS) is 11.2. The Bertz CT molecular complexity index is 1270. The van der Waals surface area contributed by atoms with E-state index in [9.17, 15) is 13.2 Å². The minimum Gasteiger partial charge on any atom is -0.496 e. The summed E-state index contributed by atoms with van der Waals surface area (Å²) in [5, 5.41) is 3.62. The summed E-state index contributed by atoms with van der Waals surface area (Å²) in [5.74, 6) is 0.00571. The smallest absolute Gasteiger partial charge is 0.264 e. The van der Waals surface area contributed by atoms with Gasteiger partial charge in [0.15, 0.2) is 0 Å². The Morgan fingerprint density at radius 2 is 1.76 bits per heavy atom. The van der Waals surface area contributed by atoms with E-state index in [2.05, 4.69) is 21.2 Å². The Balaban J connectivity index is 1.89. The van der Waals surface area contributed by atoms with Crippen LogP contribution in [-0.4, -0.2) is 28.0 Å². The standard InChI is InChI=1S/C23H21BrCl2N2O4S/c1-15-3-7-18(8-4-15)28(33(30,31)19-9-10-22(32-2)20(24)12-19)14-23(29)27-13-16-5-6-17(25)11-21(16)26/h3-12H,13-14H2,1-2H3,(H,27,29).